The van der Waals surface area contributed by atoms with Crippen LogP contribution in [0.1, 0.15) is 30.1 Å². The van der Waals surface area contributed by atoms with Gasteiger partial charge in [0.05, 0.1) is 11.0 Å². The third-order valence-electron chi connectivity index (χ3n) is 3.41. The Kier molecular flexibility index (Phi) is 2.18. The molecule has 0 bridgehead atoms. The maximum atomic E-state index is 10.7. The summed E-state index contributed by atoms with van der Waals surface area (Å²) < 4.78 is 2.13. The molecule has 0 fully saturated rings. The summed E-state index contributed by atoms with van der Waals surface area (Å²) >= 11 is 0. The maximum Gasteiger partial charge on any atom is 0.113 e. The largest absolute Gasteiger partial charge is 0.550 e. The van der Waals surface area contributed by atoms with Gasteiger partial charge in [0.2, 0.25) is 0 Å². The van der Waals surface area contributed by atoms with Gasteiger partial charge in [-0.05, 0) is 37.5 Å². The number of carbonyl (C=O) groups is 1. The van der Waals surface area contributed by atoms with Crippen LogP contribution < -0.4 is 5.11 Å². The van der Waals surface area contributed by atoms with Crippen molar-refractivity contribution in [2.45, 2.75) is 32.2 Å². The second-order valence-corrected chi connectivity index (χ2v) is 4.68. The summed E-state index contributed by atoms with van der Waals surface area (Å²) in [5, 5.41) is 10.7. The maximum absolute atomic E-state index is 10.7. The van der Waals surface area contributed by atoms with Crippen LogP contribution in [-0.2, 0) is 11.3 Å². The third-order valence-corrected chi connectivity index (χ3v) is 3.41. The van der Waals surface area contributed by atoms with Crippen LogP contribution in [0.2, 0.25) is 0 Å². The smallest absolute Gasteiger partial charge is 0.113 e. The number of aliphatic carboxylic acids is 1. The molecular formula is C13H13N2O2-. The van der Waals surface area contributed by atoms with Crippen molar-refractivity contribution in [2.75, 3.05) is 0 Å². The van der Waals surface area contributed by atoms with Gasteiger partial charge in [0.15, 0.2) is 0 Å². The highest BCUT2D eigenvalue weighted by Gasteiger charge is 2.26. The Bertz CT molecular complexity index is 601. The van der Waals surface area contributed by atoms with Crippen LogP contribution in [0.3, 0.4) is 0 Å². The van der Waals surface area contributed by atoms with Crippen molar-refractivity contribution in [2.24, 2.45) is 0 Å². The molecule has 1 atom stereocenters. The molecule has 0 saturated carbocycles. The third kappa shape index (κ3) is 1.60. The van der Waals surface area contributed by atoms with Gasteiger partial charge in [0, 0.05) is 18.4 Å². The van der Waals surface area contributed by atoms with Crippen molar-refractivity contribution in [3.63, 3.8) is 0 Å². The van der Waals surface area contributed by atoms with Crippen LogP contribution in [-0.4, -0.2) is 15.5 Å². The molecule has 1 aliphatic heterocycles. The molecule has 4 heteroatoms. The lowest BCUT2D eigenvalue weighted by molar-refractivity contribution is -0.306. The van der Waals surface area contributed by atoms with Crippen LogP contribution in [0, 0.1) is 6.92 Å². The number of aromatic nitrogens is 2. The molecule has 1 aliphatic rings. The zero-order valence-corrected chi connectivity index (χ0v) is 9.64. The standard InChI is InChI=1S/C13H14N2O2/c1-8-2-3-10-11(6-8)15-5-4-9(7-12(16)17)13(15)14-10/h2-3,6,9H,4-5,7H2,1H3,(H,16,17)/p-1. The van der Waals surface area contributed by atoms with Gasteiger partial charge in [-0.3, -0.25) is 0 Å². The number of carboxylic acid groups (broad SMARTS) is 1. The summed E-state index contributed by atoms with van der Waals surface area (Å²) in [5.74, 6) is -0.0887. The van der Waals surface area contributed by atoms with Gasteiger partial charge in [0.25, 0.3) is 0 Å². The average molecular weight is 229 g/mol. The molecule has 0 amide bonds. The summed E-state index contributed by atoms with van der Waals surface area (Å²) in [5.41, 5.74) is 3.26. The Labute approximate surface area is 98.9 Å². The van der Waals surface area contributed by atoms with Gasteiger partial charge in [-0.2, -0.15) is 0 Å². The summed E-state index contributed by atoms with van der Waals surface area (Å²) in [4.78, 5) is 15.2. The molecule has 1 aromatic heterocycles. The fourth-order valence-electron chi connectivity index (χ4n) is 2.61. The van der Waals surface area contributed by atoms with Gasteiger partial charge in [-0.25, -0.2) is 4.98 Å². The molecule has 0 aliphatic carbocycles. The van der Waals surface area contributed by atoms with Crippen molar-refractivity contribution >= 4 is 17.0 Å². The number of fused-ring (bicyclic) bond motifs is 3. The molecule has 1 aromatic carbocycles. The average Bonchev–Trinajstić information content (AvgIpc) is 2.78. The van der Waals surface area contributed by atoms with E-state index in [0.29, 0.717) is 0 Å². The number of hydrogen-bond acceptors (Lipinski definition) is 3. The first-order valence-electron chi connectivity index (χ1n) is 5.82. The summed E-state index contributed by atoms with van der Waals surface area (Å²) in [6, 6.07) is 6.12. The Morgan fingerprint density at radius 3 is 3.18 bits per heavy atom. The summed E-state index contributed by atoms with van der Waals surface area (Å²) in [6.45, 7) is 2.90. The molecule has 0 saturated heterocycles. The molecule has 17 heavy (non-hydrogen) atoms. The molecule has 2 heterocycles. The van der Waals surface area contributed by atoms with Crippen molar-refractivity contribution in [1.29, 1.82) is 0 Å². The quantitative estimate of drug-likeness (QED) is 0.771. The Morgan fingerprint density at radius 1 is 1.59 bits per heavy atom. The number of aryl methyl sites for hydroxylation is 2. The first kappa shape index (κ1) is 10.3. The number of benzene rings is 1. The van der Waals surface area contributed by atoms with Gasteiger partial charge in [-0.15, -0.1) is 0 Å². The van der Waals surface area contributed by atoms with E-state index in [1.165, 1.54) is 5.56 Å². The predicted molar refractivity (Wildman–Crippen MR) is 61.5 cm³/mol. The van der Waals surface area contributed by atoms with Gasteiger partial charge in [0.1, 0.15) is 5.82 Å². The highest BCUT2D eigenvalue weighted by Crippen LogP contribution is 2.33. The molecular weight excluding hydrogens is 216 g/mol. The molecule has 1 unspecified atom stereocenters. The molecule has 2 aromatic rings. The fourth-order valence-corrected chi connectivity index (χ4v) is 2.61. The second kappa shape index (κ2) is 3.58. The Morgan fingerprint density at radius 2 is 2.41 bits per heavy atom. The van der Waals surface area contributed by atoms with Crippen molar-refractivity contribution in [1.82, 2.24) is 9.55 Å². The first-order valence-corrected chi connectivity index (χ1v) is 5.82. The predicted octanol–water partition coefficient (Wildman–Crippen LogP) is 0.972. The topological polar surface area (TPSA) is 58.0 Å². The molecule has 3 rings (SSSR count). The number of rotatable bonds is 2. The Hall–Kier alpha value is -1.84. The lowest BCUT2D eigenvalue weighted by atomic mass is 10.0. The van der Waals surface area contributed by atoms with E-state index >= 15 is 0 Å². The second-order valence-electron chi connectivity index (χ2n) is 4.68. The van der Waals surface area contributed by atoms with Crippen LogP contribution in [0.5, 0.6) is 0 Å². The zero-order valence-electron chi connectivity index (χ0n) is 9.64. The van der Waals surface area contributed by atoms with Crippen molar-refractivity contribution < 1.29 is 9.90 Å². The van der Waals surface area contributed by atoms with Gasteiger partial charge < -0.3 is 14.5 Å². The monoisotopic (exact) mass is 229 g/mol. The van der Waals surface area contributed by atoms with Crippen molar-refractivity contribution in [3.05, 3.63) is 29.6 Å². The van der Waals surface area contributed by atoms with E-state index in [-0.39, 0.29) is 12.3 Å². The highest BCUT2D eigenvalue weighted by atomic mass is 16.4. The van der Waals surface area contributed by atoms with E-state index in [1.54, 1.807) is 0 Å². The SMILES string of the molecule is Cc1ccc2nc3n(c2c1)CCC3CC(=O)[O-]. The lowest BCUT2D eigenvalue weighted by Crippen LogP contribution is -2.24. The summed E-state index contributed by atoms with van der Waals surface area (Å²) in [6.07, 6.45) is 0.919. The number of carboxylic acids is 1. The van der Waals surface area contributed by atoms with Crippen LogP contribution in [0.4, 0.5) is 0 Å². The van der Waals surface area contributed by atoms with Gasteiger partial charge >= 0.3 is 0 Å². The zero-order chi connectivity index (χ0) is 12.0. The van der Waals surface area contributed by atoms with Crippen LogP contribution >= 0.6 is 0 Å². The summed E-state index contributed by atoms with van der Waals surface area (Å²) in [7, 11) is 0. The number of hydrogen-bond donors (Lipinski definition) is 0. The van der Waals surface area contributed by atoms with Crippen LogP contribution in [0.15, 0.2) is 18.2 Å². The van der Waals surface area contributed by atoms with Crippen molar-refractivity contribution in [3.8, 4) is 0 Å². The number of nitrogens with zero attached hydrogens (tertiary/aromatic N) is 2. The molecule has 4 nitrogen and oxygen atoms in total. The van der Waals surface area contributed by atoms with E-state index < -0.39 is 5.97 Å². The highest BCUT2D eigenvalue weighted by molar-refractivity contribution is 5.77. The minimum Gasteiger partial charge on any atom is -0.550 e. The van der Waals surface area contributed by atoms with E-state index in [0.717, 1.165) is 29.8 Å². The molecule has 0 radical (unpaired) electrons. The number of imidazole rings is 1. The molecule has 88 valence electrons. The molecule has 0 spiro atoms. The number of carbonyl (C=O) groups excluding carboxylic acids is 1. The normalized spacial score (nSPS) is 18.5. The minimum absolute atomic E-state index is 0.00714. The Balaban J connectivity index is 2.10. The fraction of sp³-hybridized carbons (Fsp3) is 0.385. The van der Waals surface area contributed by atoms with E-state index in [4.69, 9.17) is 0 Å². The van der Waals surface area contributed by atoms with E-state index in [1.807, 2.05) is 19.1 Å². The minimum atomic E-state index is -0.994. The van der Waals surface area contributed by atoms with Crippen LogP contribution in [0.25, 0.3) is 11.0 Å². The van der Waals surface area contributed by atoms with E-state index in [2.05, 4.69) is 15.6 Å². The molecule has 0 N–H and O–H groups in total. The van der Waals surface area contributed by atoms with Gasteiger partial charge in [-0.1, -0.05) is 6.07 Å². The van der Waals surface area contributed by atoms with E-state index in [9.17, 15) is 9.90 Å². The lowest BCUT2D eigenvalue weighted by Gasteiger charge is -2.07. The first-order chi connectivity index (χ1) is 8.15.